The van der Waals surface area contributed by atoms with E-state index >= 15 is 0 Å². The van der Waals surface area contributed by atoms with Crippen LogP contribution in [0.1, 0.15) is 40.1 Å². The number of carbonyl (C=O) groups excluding carboxylic acids is 2. The predicted molar refractivity (Wildman–Crippen MR) is 132 cm³/mol. The van der Waals surface area contributed by atoms with Crippen LogP contribution in [-0.4, -0.2) is 38.1 Å². The van der Waals surface area contributed by atoms with Gasteiger partial charge in [0.2, 0.25) is 10.0 Å². The molecule has 7 nitrogen and oxygen atoms in total. The maximum absolute atomic E-state index is 13.0. The number of amides is 1. The minimum atomic E-state index is -3.79. The Hall–Kier alpha value is -3.20. The Labute approximate surface area is 204 Å². The summed E-state index contributed by atoms with van der Waals surface area (Å²) >= 11 is 5.88. The van der Waals surface area contributed by atoms with Crippen molar-refractivity contribution in [2.45, 2.75) is 25.3 Å². The molecule has 0 aromatic heterocycles. The van der Waals surface area contributed by atoms with Crippen LogP contribution in [0, 0.1) is 0 Å². The second-order valence-corrected chi connectivity index (χ2v) is 10.0. The topological polar surface area (TPSA) is 92.8 Å². The number of nitrogens with zero attached hydrogens (tertiary/aromatic N) is 1. The van der Waals surface area contributed by atoms with Crippen molar-refractivity contribution in [1.82, 2.24) is 4.31 Å². The molecule has 0 aliphatic carbocycles. The largest absolute Gasteiger partial charge is 0.494 e. The Bertz CT molecular complexity index is 1310. The first-order valence-corrected chi connectivity index (χ1v) is 12.3. The van der Waals surface area contributed by atoms with Crippen molar-refractivity contribution in [3.8, 4) is 5.75 Å². The minimum Gasteiger partial charge on any atom is -0.494 e. The quantitative estimate of drug-likeness (QED) is 0.417. The highest BCUT2D eigenvalue weighted by Crippen LogP contribution is 2.26. The minimum absolute atomic E-state index is 0.0127. The fourth-order valence-corrected chi connectivity index (χ4v) is 4.55. The van der Waals surface area contributed by atoms with E-state index in [4.69, 9.17) is 16.3 Å². The molecule has 0 bridgehead atoms. The van der Waals surface area contributed by atoms with Crippen molar-refractivity contribution in [2.75, 3.05) is 19.0 Å². The predicted octanol–water partition coefficient (Wildman–Crippen LogP) is 5.01. The second-order valence-electron chi connectivity index (χ2n) is 7.56. The Morgan fingerprint density at radius 1 is 1.00 bits per heavy atom. The fraction of sp³-hybridized carbons (Fsp3) is 0.200. The van der Waals surface area contributed by atoms with Gasteiger partial charge in [-0.3, -0.25) is 9.59 Å². The SMILES string of the molecule is CCOc1ccc(C(=O)Nc2cccc(C(C)=O)c2)cc1CN(C)S(=O)(=O)c1ccc(Cl)cc1. The molecule has 0 radical (unpaired) electrons. The Kier molecular flexibility index (Phi) is 8.09. The third-order valence-electron chi connectivity index (χ3n) is 5.06. The number of rotatable bonds is 9. The number of benzene rings is 3. The number of hydrogen-bond acceptors (Lipinski definition) is 5. The van der Waals surface area contributed by atoms with E-state index < -0.39 is 15.9 Å². The van der Waals surface area contributed by atoms with Gasteiger partial charge in [0.1, 0.15) is 5.75 Å². The zero-order valence-corrected chi connectivity index (χ0v) is 20.6. The molecule has 0 spiro atoms. The van der Waals surface area contributed by atoms with Gasteiger partial charge >= 0.3 is 0 Å². The van der Waals surface area contributed by atoms with Crippen LogP contribution < -0.4 is 10.1 Å². The van der Waals surface area contributed by atoms with E-state index in [1.807, 2.05) is 6.92 Å². The number of carbonyl (C=O) groups is 2. The van der Waals surface area contributed by atoms with Crippen LogP contribution in [0.15, 0.2) is 71.6 Å². The van der Waals surface area contributed by atoms with Crippen molar-refractivity contribution in [3.05, 3.63) is 88.4 Å². The van der Waals surface area contributed by atoms with E-state index in [-0.39, 0.29) is 17.2 Å². The van der Waals surface area contributed by atoms with Crippen molar-refractivity contribution < 1.29 is 22.7 Å². The summed E-state index contributed by atoms with van der Waals surface area (Å²) in [4.78, 5) is 24.6. The Morgan fingerprint density at radius 2 is 1.71 bits per heavy atom. The summed E-state index contributed by atoms with van der Waals surface area (Å²) < 4.78 is 32.8. The highest BCUT2D eigenvalue weighted by Gasteiger charge is 2.23. The molecule has 1 N–H and O–H groups in total. The normalized spacial score (nSPS) is 11.3. The van der Waals surface area contributed by atoms with E-state index in [2.05, 4.69) is 5.32 Å². The van der Waals surface area contributed by atoms with Crippen molar-refractivity contribution in [3.63, 3.8) is 0 Å². The van der Waals surface area contributed by atoms with E-state index in [1.54, 1.807) is 42.5 Å². The second kappa shape index (κ2) is 10.8. The number of ketones is 1. The molecule has 3 rings (SSSR count). The standard InChI is InChI=1S/C25H25ClN2O5S/c1-4-33-24-13-8-19(25(30)27-22-7-5-6-18(15-22)17(2)29)14-20(24)16-28(3)34(31,32)23-11-9-21(26)10-12-23/h5-15H,4,16H2,1-3H3,(H,27,30). The van der Waals surface area contributed by atoms with Gasteiger partial charge in [0.25, 0.3) is 5.91 Å². The summed E-state index contributed by atoms with van der Waals surface area (Å²) in [5, 5.41) is 3.21. The summed E-state index contributed by atoms with van der Waals surface area (Å²) in [5.74, 6) is -0.0200. The molecular weight excluding hydrogens is 476 g/mol. The van der Waals surface area contributed by atoms with Crippen LogP contribution in [0.5, 0.6) is 5.75 Å². The van der Waals surface area contributed by atoms with Crippen LogP contribution in [-0.2, 0) is 16.6 Å². The number of sulfonamides is 1. The van der Waals surface area contributed by atoms with Gasteiger partial charge in [-0.2, -0.15) is 4.31 Å². The van der Waals surface area contributed by atoms with E-state index in [9.17, 15) is 18.0 Å². The number of halogens is 1. The lowest BCUT2D eigenvalue weighted by molar-refractivity contribution is 0.101. The number of nitrogens with one attached hydrogen (secondary N) is 1. The third-order valence-corrected chi connectivity index (χ3v) is 7.13. The average Bonchev–Trinajstić information content (AvgIpc) is 2.80. The summed E-state index contributed by atoms with van der Waals surface area (Å²) in [6.07, 6.45) is 0. The molecule has 0 saturated carbocycles. The molecule has 0 heterocycles. The van der Waals surface area contributed by atoms with E-state index in [1.165, 1.54) is 42.5 Å². The summed E-state index contributed by atoms with van der Waals surface area (Å²) in [6, 6.07) is 17.4. The van der Waals surface area contributed by atoms with Gasteiger partial charge in [0.15, 0.2) is 5.78 Å². The Morgan fingerprint density at radius 3 is 2.35 bits per heavy atom. The summed E-state index contributed by atoms with van der Waals surface area (Å²) in [6.45, 7) is 3.64. The smallest absolute Gasteiger partial charge is 0.255 e. The van der Waals surface area contributed by atoms with Gasteiger partial charge in [0, 0.05) is 41.0 Å². The molecule has 9 heteroatoms. The molecule has 0 aliphatic rings. The first-order valence-electron chi connectivity index (χ1n) is 10.5. The van der Waals surface area contributed by atoms with Gasteiger partial charge in [-0.15, -0.1) is 0 Å². The first kappa shape index (κ1) is 25.4. The molecule has 0 saturated heterocycles. The summed E-state index contributed by atoms with van der Waals surface area (Å²) in [5.41, 5.74) is 1.82. The van der Waals surface area contributed by atoms with Gasteiger partial charge in [0.05, 0.1) is 11.5 Å². The molecule has 0 unspecified atom stereocenters. The van der Waals surface area contributed by atoms with Crippen LogP contribution in [0.25, 0.3) is 0 Å². The molecular formula is C25H25ClN2O5S. The van der Waals surface area contributed by atoms with Gasteiger partial charge in [-0.1, -0.05) is 23.7 Å². The van der Waals surface area contributed by atoms with Crippen LogP contribution >= 0.6 is 11.6 Å². The molecule has 0 atom stereocenters. The molecule has 0 fully saturated rings. The number of ether oxygens (including phenoxy) is 1. The maximum atomic E-state index is 13.0. The lowest BCUT2D eigenvalue weighted by Crippen LogP contribution is -2.27. The van der Waals surface area contributed by atoms with Crippen LogP contribution in [0.4, 0.5) is 5.69 Å². The van der Waals surface area contributed by atoms with E-state index in [0.29, 0.717) is 39.8 Å². The highest BCUT2D eigenvalue weighted by atomic mass is 35.5. The third kappa shape index (κ3) is 6.02. The number of Topliss-reactive ketones (excluding diaryl/α,β-unsaturated/α-hetero) is 1. The lowest BCUT2D eigenvalue weighted by Gasteiger charge is -2.20. The zero-order valence-electron chi connectivity index (χ0n) is 19.0. The van der Waals surface area contributed by atoms with Gasteiger partial charge < -0.3 is 10.1 Å². The van der Waals surface area contributed by atoms with Crippen molar-refractivity contribution >= 4 is 39.0 Å². The maximum Gasteiger partial charge on any atom is 0.255 e. The molecule has 3 aromatic rings. The van der Waals surface area contributed by atoms with Crippen molar-refractivity contribution in [1.29, 1.82) is 0 Å². The molecule has 34 heavy (non-hydrogen) atoms. The first-order chi connectivity index (χ1) is 16.1. The van der Waals surface area contributed by atoms with Crippen molar-refractivity contribution in [2.24, 2.45) is 0 Å². The lowest BCUT2D eigenvalue weighted by atomic mass is 10.1. The van der Waals surface area contributed by atoms with Crippen LogP contribution in [0.2, 0.25) is 5.02 Å². The number of hydrogen-bond donors (Lipinski definition) is 1. The Balaban J connectivity index is 1.87. The number of anilines is 1. The fourth-order valence-electron chi connectivity index (χ4n) is 3.27. The molecule has 0 aliphatic heterocycles. The molecule has 1 amide bonds. The molecule has 3 aromatic carbocycles. The average molecular weight is 501 g/mol. The zero-order chi connectivity index (χ0) is 24.9. The van der Waals surface area contributed by atoms with Crippen LogP contribution in [0.3, 0.4) is 0 Å². The highest BCUT2D eigenvalue weighted by molar-refractivity contribution is 7.89. The van der Waals surface area contributed by atoms with E-state index in [0.717, 1.165) is 0 Å². The summed E-state index contributed by atoms with van der Waals surface area (Å²) in [7, 11) is -2.34. The van der Waals surface area contributed by atoms with Gasteiger partial charge in [-0.25, -0.2) is 8.42 Å². The molecule has 178 valence electrons. The monoisotopic (exact) mass is 500 g/mol. The van der Waals surface area contributed by atoms with Gasteiger partial charge in [-0.05, 0) is 68.4 Å².